The molecule has 2 atom stereocenters. The molecule has 2 saturated heterocycles. The van der Waals surface area contributed by atoms with Gasteiger partial charge in [0.15, 0.2) is 5.96 Å². The lowest BCUT2D eigenvalue weighted by molar-refractivity contribution is -0.0816. The number of nitrogens with zero attached hydrogens (tertiary/aromatic N) is 3. The molecular weight excluding hydrogens is 340 g/mol. The topological polar surface area (TPSA) is 49.3 Å². The Bertz CT molecular complexity index is 575. The van der Waals surface area contributed by atoms with E-state index in [-0.39, 0.29) is 12.2 Å². The number of aliphatic imine (C=N–C) groups is 1. The molecule has 1 aromatic carbocycles. The number of ether oxygens (including phenoxy) is 2. The molecule has 2 aliphatic rings. The molecule has 1 aromatic rings. The maximum Gasteiger partial charge on any atom is 0.193 e. The first-order valence-electron chi connectivity index (χ1n) is 10.3. The van der Waals surface area contributed by atoms with Gasteiger partial charge in [-0.25, -0.2) is 0 Å². The van der Waals surface area contributed by atoms with Crippen molar-refractivity contribution >= 4 is 11.6 Å². The quantitative estimate of drug-likeness (QED) is 0.451. The number of hydrogen-bond donors (Lipinski definition) is 1. The molecule has 0 aromatic heterocycles. The number of guanidine groups is 1. The summed E-state index contributed by atoms with van der Waals surface area (Å²) in [5, 5.41) is 3.53. The molecule has 2 unspecified atom stereocenters. The van der Waals surface area contributed by atoms with Crippen LogP contribution in [0.15, 0.2) is 35.3 Å². The molecule has 27 heavy (non-hydrogen) atoms. The molecule has 6 nitrogen and oxygen atoms in total. The van der Waals surface area contributed by atoms with Crippen molar-refractivity contribution in [2.45, 2.75) is 38.4 Å². The lowest BCUT2D eigenvalue weighted by Gasteiger charge is -2.37. The number of benzene rings is 1. The molecule has 3 rings (SSSR count). The van der Waals surface area contributed by atoms with Crippen LogP contribution in [-0.4, -0.2) is 76.1 Å². The van der Waals surface area contributed by atoms with Gasteiger partial charge in [-0.15, -0.1) is 0 Å². The largest absolute Gasteiger partial charge is 0.375 e. The van der Waals surface area contributed by atoms with Gasteiger partial charge in [0.25, 0.3) is 0 Å². The average Bonchev–Trinajstić information content (AvgIpc) is 3.27. The predicted octanol–water partition coefficient (Wildman–Crippen LogP) is 2.36. The molecule has 0 saturated carbocycles. The summed E-state index contributed by atoms with van der Waals surface area (Å²) >= 11 is 0. The number of nitrogens with one attached hydrogen (secondary N) is 1. The number of hydrogen-bond acceptors (Lipinski definition) is 4. The van der Waals surface area contributed by atoms with Crippen molar-refractivity contribution in [1.29, 1.82) is 0 Å². The SMILES string of the molecule is CCN(CCCNC(=NC)N1CCOC(C2CCCO2)C1)c1ccccc1. The van der Waals surface area contributed by atoms with Crippen LogP contribution >= 0.6 is 0 Å². The Balaban J connectivity index is 1.43. The van der Waals surface area contributed by atoms with Crippen molar-refractivity contribution in [2.24, 2.45) is 4.99 Å². The number of rotatable bonds is 7. The first kappa shape index (κ1) is 20.0. The maximum absolute atomic E-state index is 5.95. The van der Waals surface area contributed by atoms with Crippen LogP contribution in [0.25, 0.3) is 0 Å². The lowest BCUT2D eigenvalue weighted by Crippen LogP contribution is -2.53. The summed E-state index contributed by atoms with van der Waals surface area (Å²) in [7, 11) is 1.86. The average molecular weight is 375 g/mol. The van der Waals surface area contributed by atoms with E-state index in [4.69, 9.17) is 9.47 Å². The molecule has 150 valence electrons. The third kappa shape index (κ3) is 5.59. The van der Waals surface area contributed by atoms with E-state index < -0.39 is 0 Å². The van der Waals surface area contributed by atoms with Crippen molar-refractivity contribution in [2.75, 3.05) is 57.9 Å². The normalized spacial score (nSPS) is 23.5. The molecule has 6 heteroatoms. The fraction of sp³-hybridized carbons (Fsp3) is 0.667. The Morgan fingerprint density at radius 3 is 2.74 bits per heavy atom. The third-order valence-corrected chi connectivity index (χ3v) is 5.38. The zero-order chi connectivity index (χ0) is 18.9. The van der Waals surface area contributed by atoms with E-state index in [2.05, 4.69) is 57.4 Å². The minimum absolute atomic E-state index is 0.161. The summed E-state index contributed by atoms with van der Waals surface area (Å²) in [6.45, 7) is 8.52. The number of morpholine rings is 1. The molecule has 0 radical (unpaired) electrons. The lowest BCUT2D eigenvalue weighted by atomic mass is 10.1. The van der Waals surface area contributed by atoms with Gasteiger partial charge in [0.05, 0.1) is 12.7 Å². The predicted molar refractivity (Wildman–Crippen MR) is 111 cm³/mol. The summed E-state index contributed by atoms with van der Waals surface area (Å²) in [6, 6.07) is 10.6. The molecule has 2 aliphatic heterocycles. The summed E-state index contributed by atoms with van der Waals surface area (Å²) in [5.74, 6) is 0.976. The summed E-state index contributed by atoms with van der Waals surface area (Å²) in [6.07, 6.45) is 3.73. The maximum atomic E-state index is 5.95. The van der Waals surface area contributed by atoms with Gasteiger partial charge in [-0.05, 0) is 38.3 Å². The highest BCUT2D eigenvalue weighted by atomic mass is 16.5. The highest BCUT2D eigenvalue weighted by molar-refractivity contribution is 5.80. The molecule has 2 fully saturated rings. The van der Waals surface area contributed by atoms with E-state index in [1.165, 1.54) is 5.69 Å². The summed E-state index contributed by atoms with van der Waals surface area (Å²) in [4.78, 5) is 9.21. The Hall–Kier alpha value is -1.79. The Morgan fingerprint density at radius 2 is 2.04 bits per heavy atom. The van der Waals surface area contributed by atoms with Crippen LogP contribution in [0.5, 0.6) is 0 Å². The molecule has 0 bridgehead atoms. The van der Waals surface area contributed by atoms with Crippen LogP contribution in [-0.2, 0) is 9.47 Å². The van der Waals surface area contributed by atoms with E-state index in [9.17, 15) is 0 Å². The standard InChI is InChI=1S/C21H34N4O2/c1-3-24(18-9-5-4-6-10-18)13-8-12-23-21(22-2)25-14-16-27-20(17-25)19-11-7-15-26-19/h4-6,9-10,19-20H,3,7-8,11-17H2,1-2H3,(H,22,23). The van der Waals surface area contributed by atoms with Crippen LogP contribution in [0.4, 0.5) is 5.69 Å². The van der Waals surface area contributed by atoms with Crippen molar-refractivity contribution in [3.8, 4) is 0 Å². The van der Waals surface area contributed by atoms with Gasteiger partial charge >= 0.3 is 0 Å². The van der Waals surface area contributed by atoms with Crippen molar-refractivity contribution in [1.82, 2.24) is 10.2 Å². The van der Waals surface area contributed by atoms with Crippen LogP contribution in [0.1, 0.15) is 26.2 Å². The summed E-state index contributed by atoms with van der Waals surface area (Å²) in [5.41, 5.74) is 1.29. The molecule has 0 aliphatic carbocycles. The second-order valence-corrected chi connectivity index (χ2v) is 7.15. The van der Waals surface area contributed by atoms with E-state index in [1.54, 1.807) is 0 Å². The van der Waals surface area contributed by atoms with Crippen molar-refractivity contribution in [3.05, 3.63) is 30.3 Å². The van der Waals surface area contributed by atoms with Crippen LogP contribution in [0.3, 0.4) is 0 Å². The van der Waals surface area contributed by atoms with E-state index in [1.807, 2.05) is 7.05 Å². The minimum Gasteiger partial charge on any atom is -0.375 e. The smallest absolute Gasteiger partial charge is 0.193 e. The van der Waals surface area contributed by atoms with Gasteiger partial charge in [0, 0.05) is 52.1 Å². The van der Waals surface area contributed by atoms with Crippen molar-refractivity contribution in [3.63, 3.8) is 0 Å². The highest BCUT2D eigenvalue weighted by Gasteiger charge is 2.32. The first-order chi connectivity index (χ1) is 13.3. The molecular formula is C21H34N4O2. The van der Waals surface area contributed by atoms with Crippen LogP contribution in [0, 0.1) is 0 Å². The fourth-order valence-electron chi connectivity index (χ4n) is 3.90. The second-order valence-electron chi connectivity index (χ2n) is 7.15. The monoisotopic (exact) mass is 374 g/mol. The Kier molecular flexibility index (Phi) is 7.78. The van der Waals surface area contributed by atoms with Crippen LogP contribution < -0.4 is 10.2 Å². The van der Waals surface area contributed by atoms with Gasteiger partial charge < -0.3 is 24.6 Å². The molecule has 0 spiro atoms. The van der Waals surface area contributed by atoms with E-state index in [0.717, 1.165) is 71.2 Å². The first-order valence-corrected chi connectivity index (χ1v) is 10.3. The Morgan fingerprint density at radius 1 is 1.22 bits per heavy atom. The summed E-state index contributed by atoms with van der Waals surface area (Å²) < 4.78 is 11.8. The third-order valence-electron chi connectivity index (χ3n) is 5.38. The number of anilines is 1. The van der Waals surface area contributed by atoms with Gasteiger partial charge in [-0.2, -0.15) is 0 Å². The molecule has 1 N–H and O–H groups in total. The van der Waals surface area contributed by atoms with Crippen LogP contribution in [0.2, 0.25) is 0 Å². The fourth-order valence-corrected chi connectivity index (χ4v) is 3.90. The number of para-hydroxylation sites is 1. The van der Waals surface area contributed by atoms with E-state index >= 15 is 0 Å². The molecule has 2 heterocycles. The molecule has 0 amide bonds. The Labute approximate surface area is 163 Å². The van der Waals surface area contributed by atoms with Gasteiger partial charge in [-0.1, -0.05) is 18.2 Å². The highest BCUT2D eigenvalue weighted by Crippen LogP contribution is 2.21. The zero-order valence-electron chi connectivity index (χ0n) is 16.8. The van der Waals surface area contributed by atoms with Gasteiger partial charge in [0.2, 0.25) is 0 Å². The van der Waals surface area contributed by atoms with Gasteiger partial charge in [-0.3, -0.25) is 4.99 Å². The zero-order valence-corrected chi connectivity index (χ0v) is 16.8. The minimum atomic E-state index is 0.161. The van der Waals surface area contributed by atoms with E-state index in [0.29, 0.717) is 0 Å². The van der Waals surface area contributed by atoms with Gasteiger partial charge in [0.1, 0.15) is 6.10 Å². The second kappa shape index (κ2) is 10.5. The van der Waals surface area contributed by atoms with Crippen molar-refractivity contribution < 1.29 is 9.47 Å².